The van der Waals surface area contributed by atoms with Gasteiger partial charge >= 0.3 is 0 Å². The quantitative estimate of drug-likeness (QED) is 0.739. The molecule has 1 unspecified atom stereocenters. The largest absolute Gasteiger partial charge is 0.493 e. The normalized spacial score (nSPS) is 12.3. The number of ether oxygens (including phenoxy) is 3. The van der Waals surface area contributed by atoms with Gasteiger partial charge in [0.15, 0.2) is 11.5 Å². The highest BCUT2D eigenvalue weighted by Crippen LogP contribution is 2.35. The summed E-state index contributed by atoms with van der Waals surface area (Å²) in [5, 5.41) is 0. The maximum Gasteiger partial charge on any atom is 0.161 e. The van der Waals surface area contributed by atoms with E-state index in [2.05, 4.69) is 19.9 Å². The van der Waals surface area contributed by atoms with Gasteiger partial charge in [0, 0.05) is 7.11 Å². The molecule has 1 aromatic carbocycles. The van der Waals surface area contributed by atoms with Crippen LogP contribution in [0.2, 0.25) is 0 Å². The van der Waals surface area contributed by atoms with Crippen molar-refractivity contribution in [2.24, 2.45) is 0 Å². The third kappa shape index (κ3) is 3.16. The Labute approximate surface area is 110 Å². The first kappa shape index (κ1) is 14.8. The summed E-state index contributed by atoms with van der Waals surface area (Å²) in [6, 6.07) is 4.11. The molecule has 3 nitrogen and oxygen atoms in total. The van der Waals surface area contributed by atoms with E-state index < -0.39 is 0 Å². The first-order valence-electron chi connectivity index (χ1n) is 6.49. The molecule has 0 heterocycles. The van der Waals surface area contributed by atoms with Crippen LogP contribution < -0.4 is 9.47 Å². The van der Waals surface area contributed by atoms with Crippen LogP contribution in [0.15, 0.2) is 12.1 Å². The maximum absolute atomic E-state index is 5.55. The molecule has 0 saturated carbocycles. The molecular weight excluding hydrogens is 228 g/mol. The van der Waals surface area contributed by atoms with Crippen molar-refractivity contribution >= 4 is 0 Å². The van der Waals surface area contributed by atoms with Crippen molar-refractivity contribution in [3.05, 3.63) is 23.3 Å². The molecule has 1 aromatic rings. The van der Waals surface area contributed by atoms with Crippen LogP contribution in [0, 0.1) is 0 Å². The molecule has 0 aliphatic carbocycles. The molecule has 0 saturated heterocycles. The van der Waals surface area contributed by atoms with E-state index in [1.54, 1.807) is 21.3 Å². The van der Waals surface area contributed by atoms with Crippen LogP contribution in [-0.2, 0) is 11.2 Å². The van der Waals surface area contributed by atoms with E-state index in [9.17, 15) is 0 Å². The summed E-state index contributed by atoms with van der Waals surface area (Å²) in [5.74, 6) is 1.55. The summed E-state index contributed by atoms with van der Waals surface area (Å²) in [4.78, 5) is 0. The molecule has 18 heavy (non-hydrogen) atoms. The van der Waals surface area contributed by atoms with Gasteiger partial charge in [0.1, 0.15) is 0 Å². The van der Waals surface area contributed by atoms with Crippen LogP contribution in [0.25, 0.3) is 0 Å². The zero-order chi connectivity index (χ0) is 13.5. The van der Waals surface area contributed by atoms with E-state index in [4.69, 9.17) is 14.2 Å². The van der Waals surface area contributed by atoms with Crippen LogP contribution >= 0.6 is 0 Å². The fourth-order valence-electron chi connectivity index (χ4n) is 2.24. The van der Waals surface area contributed by atoms with E-state index in [-0.39, 0.29) is 6.10 Å². The number of aryl methyl sites for hydroxylation is 1. The van der Waals surface area contributed by atoms with Crippen molar-refractivity contribution in [2.75, 3.05) is 21.3 Å². The highest BCUT2D eigenvalue weighted by atomic mass is 16.5. The lowest BCUT2D eigenvalue weighted by molar-refractivity contribution is 0.0990. The second-order valence-electron chi connectivity index (χ2n) is 4.29. The fraction of sp³-hybridized carbons (Fsp3) is 0.600. The smallest absolute Gasteiger partial charge is 0.161 e. The molecule has 102 valence electrons. The minimum atomic E-state index is 0.117. The highest BCUT2D eigenvalue weighted by Gasteiger charge is 2.17. The monoisotopic (exact) mass is 252 g/mol. The standard InChI is InChI=1S/C15H24O3/c1-6-8-11-9-14(17-4)15(18-5)10-12(11)13(7-2)16-3/h9-10,13H,6-8H2,1-5H3. The number of hydrogen-bond acceptors (Lipinski definition) is 3. The molecule has 0 bridgehead atoms. The summed E-state index contributed by atoms with van der Waals surface area (Å²) in [5.41, 5.74) is 2.49. The molecule has 0 radical (unpaired) electrons. The minimum absolute atomic E-state index is 0.117. The Bertz CT molecular complexity index is 370. The fourth-order valence-corrected chi connectivity index (χ4v) is 2.24. The van der Waals surface area contributed by atoms with Gasteiger partial charge in [-0.15, -0.1) is 0 Å². The zero-order valence-corrected chi connectivity index (χ0v) is 12.1. The van der Waals surface area contributed by atoms with Gasteiger partial charge in [0.2, 0.25) is 0 Å². The summed E-state index contributed by atoms with van der Waals surface area (Å²) < 4.78 is 16.3. The van der Waals surface area contributed by atoms with E-state index >= 15 is 0 Å². The van der Waals surface area contributed by atoms with Gasteiger partial charge in [-0.1, -0.05) is 20.3 Å². The van der Waals surface area contributed by atoms with Gasteiger partial charge in [-0.2, -0.15) is 0 Å². The van der Waals surface area contributed by atoms with Gasteiger partial charge in [-0.3, -0.25) is 0 Å². The van der Waals surface area contributed by atoms with E-state index in [1.165, 1.54) is 11.1 Å². The Morgan fingerprint density at radius 1 is 1.00 bits per heavy atom. The van der Waals surface area contributed by atoms with Crippen molar-refractivity contribution < 1.29 is 14.2 Å². The van der Waals surface area contributed by atoms with Gasteiger partial charge < -0.3 is 14.2 Å². The summed E-state index contributed by atoms with van der Waals surface area (Å²) in [7, 11) is 5.08. The van der Waals surface area contributed by atoms with Crippen LogP contribution in [0.4, 0.5) is 0 Å². The van der Waals surface area contributed by atoms with Gasteiger partial charge in [0.25, 0.3) is 0 Å². The van der Waals surface area contributed by atoms with E-state index in [0.29, 0.717) is 0 Å². The summed E-state index contributed by atoms with van der Waals surface area (Å²) in [6.45, 7) is 4.30. The molecule has 0 aromatic heterocycles. The Balaban J connectivity index is 3.27. The molecule has 0 aliphatic heterocycles. The highest BCUT2D eigenvalue weighted by molar-refractivity contribution is 5.48. The third-order valence-electron chi connectivity index (χ3n) is 3.17. The molecule has 3 heteroatoms. The predicted molar refractivity (Wildman–Crippen MR) is 73.6 cm³/mol. The lowest BCUT2D eigenvalue weighted by atomic mass is 9.96. The van der Waals surface area contributed by atoms with Gasteiger partial charge in [-0.25, -0.2) is 0 Å². The van der Waals surface area contributed by atoms with Gasteiger partial charge in [-0.05, 0) is 36.1 Å². The number of methoxy groups -OCH3 is 3. The average molecular weight is 252 g/mol. The maximum atomic E-state index is 5.55. The first-order valence-corrected chi connectivity index (χ1v) is 6.49. The Kier molecular flexibility index (Phi) is 5.99. The van der Waals surface area contributed by atoms with Crippen LogP contribution in [0.3, 0.4) is 0 Å². The molecule has 0 N–H and O–H groups in total. The molecule has 1 atom stereocenters. The third-order valence-corrected chi connectivity index (χ3v) is 3.17. The lowest BCUT2D eigenvalue weighted by Crippen LogP contribution is -2.06. The van der Waals surface area contributed by atoms with Crippen LogP contribution in [0.1, 0.15) is 43.9 Å². The average Bonchev–Trinajstić information content (AvgIpc) is 2.41. The number of hydrogen-bond donors (Lipinski definition) is 0. The molecule has 0 spiro atoms. The molecule has 0 fully saturated rings. The van der Waals surface area contributed by atoms with Crippen molar-refractivity contribution in [3.63, 3.8) is 0 Å². The first-order chi connectivity index (χ1) is 8.71. The number of benzene rings is 1. The molecule has 0 aliphatic rings. The Morgan fingerprint density at radius 2 is 1.61 bits per heavy atom. The zero-order valence-electron chi connectivity index (χ0n) is 12.1. The van der Waals surface area contributed by atoms with Crippen LogP contribution in [0.5, 0.6) is 11.5 Å². The van der Waals surface area contributed by atoms with Crippen molar-refractivity contribution in [1.29, 1.82) is 0 Å². The SMILES string of the molecule is CCCc1cc(OC)c(OC)cc1C(CC)OC. The van der Waals surface area contributed by atoms with E-state index in [1.807, 2.05) is 6.07 Å². The van der Waals surface area contributed by atoms with Crippen LogP contribution in [-0.4, -0.2) is 21.3 Å². The summed E-state index contributed by atoms with van der Waals surface area (Å²) in [6.07, 6.45) is 3.19. The minimum Gasteiger partial charge on any atom is -0.493 e. The molecular formula is C15H24O3. The predicted octanol–water partition coefficient (Wildman–Crippen LogP) is 3.75. The molecule has 1 rings (SSSR count). The number of rotatable bonds is 7. The lowest BCUT2D eigenvalue weighted by Gasteiger charge is -2.20. The Morgan fingerprint density at radius 3 is 2.06 bits per heavy atom. The summed E-state index contributed by atoms with van der Waals surface area (Å²) >= 11 is 0. The Hall–Kier alpha value is -1.22. The second-order valence-corrected chi connectivity index (χ2v) is 4.29. The topological polar surface area (TPSA) is 27.7 Å². The van der Waals surface area contributed by atoms with Crippen molar-refractivity contribution in [2.45, 2.75) is 39.2 Å². The van der Waals surface area contributed by atoms with Gasteiger partial charge in [0.05, 0.1) is 20.3 Å². The molecule has 0 amide bonds. The van der Waals surface area contributed by atoms with Crippen molar-refractivity contribution in [3.8, 4) is 11.5 Å². The van der Waals surface area contributed by atoms with Crippen molar-refractivity contribution in [1.82, 2.24) is 0 Å². The second kappa shape index (κ2) is 7.27. The van der Waals surface area contributed by atoms with E-state index in [0.717, 1.165) is 30.8 Å².